The number of aryl methyl sites for hydroxylation is 1. The van der Waals surface area contributed by atoms with Gasteiger partial charge in [-0.3, -0.25) is 9.59 Å². The predicted octanol–water partition coefficient (Wildman–Crippen LogP) is 6.09. The number of carbonyl (C=O) groups is 1. The summed E-state index contributed by atoms with van der Waals surface area (Å²) in [7, 11) is 0. The third-order valence-corrected chi connectivity index (χ3v) is 6.56. The van der Waals surface area contributed by atoms with Crippen molar-refractivity contribution in [2.45, 2.75) is 52.4 Å². The second-order valence-electron chi connectivity index (χ2n) is 7.96. The molecule has 1 aliphatic rings. The summed E-state index contributed by atoms with van der Waals surface area (Å²) in [4.78, 5) is 26.6. The van der Waals surface area contributed by atoms with Gasteiger partial charge in [0.2, 0.25) is 0 Å². The van der Waals surface area contributed by atoms with Crippen molar-refractivity contribution in [3.05, 3.63) is 75.1 Å². The Morgan fingerprint density at radius 2 is 1.67 bits per heavy atom. The first-order valence-electron chi connectivity index (χ1n) is 10.5. The van der Waals surface area contributed by atoms with Gasteiger partial charge in [-0.25, -0.2) is 0 Å². The van der Waals surface area contributed by atoms with E-state index in [1.807, 2.05) is 64.1 Å². The Morgan fingerprint density at radius 3 is 2.33 bits per heavy atom. The van der Waals surface area contributed by atoms with Crippen molar-refractivity contribution in [3.8, 4) is 11.3 Å². The highest BCUT2D eigenvalue weighted by molar-refractivity contribution is 6.10. The van der Waals surface area contributed by atoms with Crippen LogP contribution < -0.4 is 5.43 Å². The molecule has 0 aliphatic heterocycles. The van der Waals surface area contributed by atoms with Crippen molar-refractivity contribution in [3.63, 3.8) is 0 Å². The Kier molecular flexibility index (Phi) is 4.89. The smallest absolute Gasteiger partial charge is 0.196 e. The predicted molar refractivity (Wildman–Crippen MR) is 120 cm³/mol. The maximum atomic E-state index is 13.4. The summed E-state index contributed by atoms with van der Waals surface area (Å²) in [6, 6.07) is 13.4. The lowest BCUT2D eigenvalue weighted by Crippen LogP contribution is -2.41. The molecule has 0 saturated carbocycles. The molecule has 0 radical (unpaired) electrons. The number of aliphatic hydroxyl groups is 1. The van der Waals surface area contributed by atoms with Gasteiger partial charge in [-0.2, -0.15) is 0 Å². The zero-order chi connectivity index (χ0) is 21.6. The highest BCUT2D eigenvalue weighted by Crippen LogP contribution is 2.45. The largest absolute Gasteiger partial charge is 0.507 e. The molecule has 154 valence electrons. The van der Waals surface area contributed by atoms with E-state index in [0.29, 0.717) is 36.4 Å². The Morgan fingerprint density at radius 1 is 0.967 bits per heavy atom. The van der Waals surface area contributed by atoms with Gasteiger partial charge >= 0.3 is 0 Å². The number of ketones is 1. The number of allylic oxidation sites excluding steroid dienone is 1. The number of hydrogen-bond acceptors (Lipinski definition) is 4. The topological polar surface area (TPSA) is 67.5 Å². The number of carbonyl (C=O) groups excluding carboxylic acids is 1. The van der Waals surface area contributed by atoms with Gasteiger partial charge < -0.3 is 9.52 Å². The van der Waals surface area contributed by atoms with E-state index >= 15 is 0 Å². The summed E-state index contributed by atoms with van der Waals surface area (Å²) in [6.45, 7) is 7.65. The minimum absolute atomic E-state index is 0.136. The molecule has 2 aromatic carbocycles. The van der Waals surface area contributed by atoms with E-state index < -0.39 is 5.41 Å². The minimum atomic E-state index is -0.944. The molecule has 3 aromatic rings. The van der Waals surface area contributed by atoms with Crippen LogP contribution in [-0.4, -0.2) is 10.9 Å². The summed E-state index contributed by atoms with van der Waals surface area (Å²) in [5.41, 5.74) is 1.00. The standard InChI is InChI=1S/C26H26O4/c1-5-17-23(28)22-19(27)14-20(30-25(22)26(6-2,7-3)24(17)29)21-15(4)12-13-16-10-8-9-11-18(16)21/h8-14,28H,5-7H2,1-4H3. The molecule has 1 aliphatic carbocycles. The molecule has 4 nitrogen and oxygen atoms in total. The minimum Gasteiger partial charge on any atom is -0.507 e. The lowest BCUT2D eigenvalue weighted by Gasteiger charge is -2.35. The van der Waals surface area contributed by atoms with Crippen molar-refractivity contribution in [1.29, 1.82) is 0 Å². The molecule has 0 unspecified atom stereocenters. The van der Waals surface area contributed by atoms with Gasteiger partial charge in [-0.15, -0.1) is 0 Å². The van der Waals surface area contributed by atoms with Gasteiger partial charge in [-0.05, 0) is 42.5 Å². The van der Waals surface area contributed by atoms with Crippen LogP contribution in [-0.2, 0) is 10.2 Å². The number of benzene rings is 2. The summed E-state index contributed by atoms with van der Waals surface area (Å²) >= 11 is 0. The molecule has 0 fully saturated rings. The maximum Gasteiger partial charge on any atom is 0.196 e. The fourth-order valence-electron chi connectivity index (χ4n) is 4.76. The van der Waals surface area contributed by atoms with E-state index in [9.17, 15) is 14.7 Å². The lowest BCUT2D eigenvalue weighted by atomic mass is 9.68. The van der Waals surface area contributed by atoms with Crippen molar-refractivity contribution < 1.29 is 14.3 Å². The third-order valence-electron chi connectivity index (χ3n) is 6.56. The van der Waals surface area contributed by atoms with E-state index in [4.69, 9.17) is 4.42 Å². The summed E-state index contributed by atoms with van der Waals surface area (Å²) in [6.07, 6.45) is 1.36. The Labute approximate surface area is 175 Å². The van der Waals surface area contributed by atoms with E-state index in [0.717, 1.165) is 21.9 Å². The fourth-order valence-corrected chi connectivity index (χ4v) is 4.76. The number of hydrogen-bond donors (Lipinski definition) is 1. The van der Waals surface area contributed by atoms with Gasteiger partial charge in [0.05, 0.1) is 5.41 Å². The first-order chi connectivity index (χ1) is 14.4. The number of Topliss-reactive ketones (excluding diaryl/α,β-unsaturated/α-hetero) is 1. The van der Waals surface area contributed by atoms with Gasteiger partial charge in [0.15, 0.2) is 11.2 Å². The highest BCUT2D eigenvalue weighted by atomic mass is 16.3. The lowest BCUT2D eigenvalue weighted by molar-refractivity contribution is -0.122. The normalized spacial score (nSPS) is 15.5. The molecular weight excluding hydrogens is 376 g/mol. The molecule has 0 amide bonds. The van der Waals surface area contributed by atoms with Crippen molar-refractivity contribution in [2.24, 2.45) is 0 Å². The maximum absolute atomic E-state index is 13.4. The van der Waals surface area contributed by atoms with E-state index in [2.05, 4.69) is 0 Å². The first kappa shape index (κ1) is 20.1. The molecule has 0 bridgehead atoms. The van der Waals surface area contributed by atoms with Crippen LogP contribution in [0.15, 0.2) is 57.2 Å². The fraction of sp³-hybridized carbons (Fsp3) is 0.308. The quantitative estimate of drug-likeness (QED) is 0.573. The van der Waals surface area contributed by atoms with Crippen LogP contribution in [0.3, 0.4) is 0 Å². The SMILES string of the molecule is CCC1=C(O)c2c(oc(-c3c(C)ccc4ccccc34)cc2=O)C(CC)(CC)C1=O. The van der Waals surface area contributed by atoms with Crippen LogP contribution in [0, 0.1) is 6.92 Å². The average molecular weight is 402 g/mol. The van der Waals surface area contributed by atoms with Crippen LogP contribution >= 0.6 is 0 Å². The van der Waals surface area contributed by atoms with Crippen LogP contribution in [0.4, 0.5) is 0 Å². The molecule has 0 saturated heterocycles. The molecule has 30 heavy (non-hydrogen) atoms. The van der Waals surface area contributed by atoms with Gasteiger partial charge in [0.25, 0.3) is 0 Å². The zero-order valence-electron chi connectivity index (χ0n) is 17.8. The molecule has 1 N–H and O–H groups in total. The van der Waals surface area contributed by atoms with Crippen molar-refractivity contribution in [1.82, 2.24) is 0 Å². The van der Waals surface area contributed by atoms with Crippen LogP contribution in [0.1, 0.15) is 56.9 Å². The molecular formula is C26H26O4. The van der Waals surface area contributed by atoms with Crippen LogP contribution in [0.2, 0.25) is 0 Å². The number of aliphatic hydroxyl groups excluding tert-OH is 1. The number of rotatable bonds is 4. The molecule has 0 spiro atoms. The third kappa shape index (κ3) is 2.67. The molecule has 1 heterocycles. The van der Waals surface area contributed by atoms with E-state index in [1.54, 1.807) is 0 Å². The molecule has 1 aromatic heterocycles. The highest BCUT2D eigenvalue weighted by Gasteiger charge is 2.48. The average Bonchev–Trinajstić information content (AvgIpc) is 2.74. The van der Waals surface area contributed by atoms with Gasteiger partial charge in [0, 0.05) is 17.2 Å². The second-order valence-corrected chi connectivity index (χ2v) is 7.96. The van der Waals surface area contributed by atoms with Gasteiger partial charge in [0.1, 0.15) is 22.8 Å². The van der Waals surface area contributed by atoms with Crippen molar-refractivity contribution in [2.75, 3.05) is 0 Å². The molecule has 4 rings (SSSR count). The van der Waals surface area contributed by atoms with Crippen LogP contribution in [0.5, 0.6) is 0 Å². The number of fused-ring (bicyclic) bond motifs is 2. The monoisotopic (exact) mass is 402 g/mol. The zero-order valence-corrected chi connectivity index (χ0v) is 17.8. The summed E-state index contributed by atoms with van der Waals surface area (Å²) in [5.74, 6) is 0.349. The Balaban J connectivity index is 2.12. The van der Waals surface area contributed by atoms with Gasteiger partial charge in [-0.1, -0.05) is 57.2 Å². The first-order valence-corrected chi connectivity index (χ1v) is 10.5. The van der Waals surface area contributed by atoms with E-state index in [1.165, 1.54) is 6.07 Å². The van der Waals surface area contributed by atoms with E-state index in [-0.39, 0.29) is 22.5 Å². The second kappa shape index (κ2) is 7.28. The molecule has 0 atom stereocenters. The Hall–Kier alpha value is -3.14. The summed E-state index contributed by atoms with van der Waals surface area (Å²) in [5, 5.41) is 12.8. The molecule has 4 heteroatoms. The van der Waals surface area contributed by atoms with Crippen LogP contribution in [0.25, 0.3) is 27.9 Å². The summed E-state index contributed by atoms with van der Waals surface area (Å²) < 4.78 is 6.37. The Bertz CT molecular complexity index is 1260. The van der Waals surface area contributed by atoms with Crippen molar-refractivity contribution >= 4 is 22.3 Å².